The molecule has 1 aromatic heterocycles. The van der Waals surface area contributed by atoms with Crippen LogP contribution in [0.3, 0.4) is 0 Å². The zero-order valence-electron chi connectivity index (χ0n) is 9.24. The van der Waals surface area contributed by atoms with Crippen LogP contribution in [0.2, 0.25) is 0 Å². The molecule has 0 aliphatic rings. The largest absolute Gasteiger partial charge is 0.478 e. The van der Waals surface area contributed by atoms with Gasteiger partial charge in [0.25, 0.3) is 0 Å². The Morgan fingerprint density at radius 2 is 2.20 bits per heavy atom. The molecule has 0 bridgehead atoms. The van der Waals surface area contributed by atoms with E-state index in [9.17, 15) is 0 Å². The first kappa shape index (κ1) is 12.3. The van der Waals surface area contributed by atoms with Crippen LogP contribution in [0, 0.1) is 0 Å². The summed E-state index contributed by atoms with van der Waals surface area (Å²) in [4.78, 5) is 6.28. The summed E-state index contributed by atoms with van der Waals surface area (Å²) in [7, 11) is 4.10. The molecule has 4 heteroatoms. The molecular weight excluding hydrogens is 212 g/mol. The predicted molar refractivity (Wildman–Crippen MR) is 62.5 cm³/mol. The predicted octanol–water partition coefficient (Wildman–Crippen LogP) is 2.15. The van der Waals surface area contributed by atoms with Crippen molar-refractivity contribution in [2.24, 2.45) is 0 Å². The second-order valence-corrected chi connectivity index (χ2v) is 3.91. The van der Waals surface area contributed by atoms with Crippen molar-refractivity contribution in [2.75, 3.05) is 27.2 Å². The van der Waals surface area contributed by atoms with E-state index >= 15 is 0 Å². The number of ether oxygens (including phenoxy) is 1. The van der Waals surface area contributed by atoms with Gasteiger partial charge in [-0.3, -0.25) is 0 Å². The molecule has 15 heavy (non-hydrogen) atoms. The fourth-order valence-electron chi connectivity index (χ4n) is 1.13. The Morgan fingerprint density at radius 3 is 2.73 bits per heavy atom. The molecule has 0 saturated carbocycles. The zero-order valence-corrected chi connectivity index (χ0v) is 10.00. The number of pyridine rings is 1. The van der Waals surface area contributed by atoms with Crippen LogP contribution in [0.4, 0.5) is 0 Å². The van der Waals surface area contributed by atoms with Crippen LogP contribution in [0.1, 0.15) is 12.0 Å². The van der Waals surface area contributed by atoms with Crippen molar-refractivity contribution in [1.29, 1.82) is 0 Å². The molecule has 0 unspecified atom stereocenters. The van der Waals surface area contributed by atoms with Crippen LogP contribution in [-0.2, 0) is 5.88 Å². The maximum Gasteiger partial charge on any atom is 0.213 e. The molecule has 0 spiro atoms. The molecule has 0 N–H and O–H groups in total. The number of rotatable bonds is 6. The molecule has 3 nitrogen and oxygen atoms in total. The van der Waals surface area contributed by atoms with E-state index in [1.54, 1.807) is 6.20 Å². The average Bonchev–Trinajstić information content (AvgIpc) is 2.25. The highest BCUT2D eigenvalue weighted by molar-refractivity contribution is 6.17. The standard InChI is InChI=1S/C11H17ClN2O/c1-14(2)6-3-7-15-11-5-4-10(8-12)9-13-11/h4-5,9H,3,6-8H2,1-2H3. The van der Waals surface area contributed by atoms with E-state index in [0.29, 0.717) is 18.4 Å². The molecule has 1 heterocycles. The Labute approximate surface area is 96.0 Å². The molecule has 84 valence electrons. The maximum atomic E-state index is 5.65. The van der Waals surface area contributed by atoms with Gasteiger partial charge in [-0.15, -0.1) is 11.6 Å². The average molecular weight is 229 g/mol. The fourth-order valence-corrected chi connectivity index (χ4v) is 1.29. The molecule has 1 rings (SSSR count). The first-order valence-corrected chi connectivity index (χ1v) is 5.54. The summed E-state index contributed by atoms with van der Waals surface area (Å²) in [5.41, 5.74) is 1.01. The van der Waals surface area contributed by atoms with Crippen molar-refractivity contribution < 1.29 is 4.74 Å². The topological polar surface area (TPSA) is 25.4 Å². The number of hydrogen-bond donors (Lipinski definition) is 0. The summed E-state index contributed by atoms with van der Waals surface area (Å²) in [5.74, 6) is 1.16. The number of alkyl halides is 1. The van der Waals surface area contributed by atoms with E-state index in [2.05, 4.69) is 9.88 Å². The monoisotopic (exact) mass is 228 g/mol. The third kappa shape index (κ3) is 5.00. The molecule has 0 amide bonds. The summed E-state index contributed by atoms with van der Waals surface area (Å²) < 4.78 is 5.48. The van der Waals surface area contributed by atoms with Crippen LogP contribution in [0.15, 0.2) is 18.3 Å². The Morgan fingerprint density at radius 1 is 1.40 bits per heavy atom. The Bertz CT molecular complexity index is 274. The van der Waals surface area contributed by atoms with Gasteiger partial charge in [0.2, 0.25) is 5.88 Å². The Kier molecular flexibility index (Phi) is 5.43. The lowest BCUT2D eigenvalue weighted by atomic mass is 10.3. The van der Waals surface area contributed by atoms with E-state index < -0.39 is 0 Å². The third-order valence-corrected chi connectivity index (χ3v) is 2.26. The molecule has 0 aromatic carbocycles. The SMILES string of the molecule is CN(C)CCCOc1ccc(CCl)cn1. The van der Waals surface area contributed by atoms with Crippen molar-refractivity contribution >= 4 is 11.6 Å². The van der Waals surface area contributed by atoms with Gasteiger partial charge in [-0.05, 0) is 26.1 Å². The van der Waals surface area contributed by atoms with Crippen molar-refractivity contribution in [3.05, 3.63) is 23.9 Å². The van der Waals surface area contributed by atoms with E-state index in [4.69, 9.17) is 16.3 Å². The van der Waals surface area contributed by atoms with Crippen LogP contribution >= 0.6 is 11.6 Å². The van der Waals surface area contributed by atoms with Crippen LogP contribution < -0.4 is 4.74 Å². The Hall–Kier alpha value is -0.800. The molecule has 0 radical (unpaired) electrons. The van der Waals surface area contributed by atoms with Gasteiger partial charge >= 0.3 is 0 Å². The third-order valence-electron chi connectivity index (χ3n) is 1.95. The van der Waals surface area contributed by atoms with Gasteiger partial charge in [0.05, 0.1) is 6.61 Å². The normalized spacial score (nSPS) is 10.7. The highest BCUT2D eigenvalue weighted by Gasteiger charge is 1.96. The quantitative estimate of drug-likeness (QED) is 0.551. The van der Waals surface area contributed by atoms with Crippen molar-refractivity contribution in [2.45, 2.75) is 12.3 Å². The Balaban J connectivity index is 2.25. The zero-order chi connectivity index (χ0) is 11.1. The lowest BCUT2D eigenvalue weighted by Crippen LogP contribution is -2.15. The molecule has 0 aliphatic carbocycles. The van der Waals surface area contributed by atoms with Crippen molar-refractivity contribution in [1.82, 2.24) is 9.88 Å². The second-order valence-electron chi connectivity index (χ2n) is 3.64. The molecular formula is C11H17ClN2O. The van der Waals surface area contributed by atoms with Gasteiger partial charge in [-0.25, -0.2) is 4.98 Å². The lowest BCUT2D eigenvalue weighted by Gasteiger charge is -2.09. The van der Waals surface area contributed by atoms with Gasteiger partial charge in [-0.1, -0.05) is 6.07 Å². The van der Waals surface area contributed by atoms with Gasteiger partial charge < -0.3 is 9.64 Å². The summed E-state index contributed by atoms with van der Waals surface area (Å²) in [6.45, 7) is 1.73. The molecule has 1 aromatic rings. The van der Waals surface area contributed by atoms with Gasteiger partial charge in [0.1, 0.15) is 0 Å². The van der Waals surface area contributed by atoms with Crippen LogP contribution in [0.5, 0.6) is 5.88 Å². The van der Waals surface area contributed by atoms with E-state index in [1.165, 1.54) is 0 Å². The molecule has 0 fully saturated rings. The maximum absolute atomic E-state index is 5.65. The minimum atomic E-state index is 0.494. The summed E-state index contributed by atoms with van der Waals surface area (Å²) in [6, 6.07) is 3.79. The lowest BCUT2D eigenvalue weighted by molar-refractivity contribution is 0.273. The molecule has 0 atom stereocenters. The number of nitrogens with zero attached hydrogens (tertiary/aromatic N) is 2. The molecule has 0 aliphatic heterocycles. The van der Waals surface area contributed by atoms with E-state index in [1.807, 2.05) is 26.2 Å². The van der Waals surface area contributed by atoms with Crippen LogP contribution in [-0.4, -0.2) is 37.1 Å². The minimum Gasteiger partial charge on any atom is -0.478 e. The number of halogens is 1. The number of aromatic nitrogens is 1. The van der Waals surface area contributed by atoms with Gasteiger partial charge in [0, 0.05) is 24.7 Å². The van der Waals surface area contributed by atoms with Gasteiger partial charge in [-0.2, -0.15) is 0 Å². The summed E-state index contributed by atoms with van der Waals surface area (Å²) >= 11 is 5.65. The van der Waals surface area contributed by atoms with Crippen molar-refractivity contribution in [3.63, 3.8) is 0 Å². The van der Waals surface area contributed by atoms with E-state index in [0.717, 1.165) is 18.5 Å². The summed E-state index contributed by atoms with van der Waals surface area (Å²) in [6.07, 6.45) is 2.75. The van der Waals surface area contributed by atoms with Gasteiger partial charge in [0.15, 0.2) is 0 Å². The number of hydrogen-bond acceptors (Lipinski definition) is 3. The van der Waals surface area contributed by atoms with Crippen molar-refractivity contribution in [3.8, 4) is 5.88 Å². The van der Waals surface area contributed by atoms with Crippen LogP contribution in [0.25, 0.3) is 0 Å². The smallest absolute Gasteiger partial charge is 0.213 e. The highest BCUT2D eigenvalue weighted by atomic mass is 35.5. The molecule has 0 saturated heterocycles. The highest BCUT2D eigenvalue weighted by Crippen LogP contribution is 2.09. The summed E-state index contributed by atoms with van der Waals surface area (Å²) in [5, 5.41) is 0. The first-order valence-electron chi connectivity index (χ1n) is 5.01. The second kappa shape index (κ2) is 6.64. The first-order chi connectivity index (χ1) is 7.22. The van der Waals surface area contributed by atoms with E-state index in [-0.39, 0.29) is 0 Å². The minimum absolute atomic E-state index is 0.494. The fraction of sp³-hybridized carbons (Fsp3) is 0.545.